The van der Waals surface area contributed by atoms with Crippen LogP contribution in [-0.2, 0) is 6.42 Å². The van der Waals surface area contributed by atoms with Crippen molar-refractivity contribution in [1.82, 2.24) is 9.78 Å². The summed E-state index contributed by atoms with van der Waals surface area (Å²) in [7, 11) is 0. The van der Waals surface area contributed by atoms with E-state index in [4.69, 9.17) is 0 Å². The Morgan fingerprint density at radius 3 is 2.91 bits per heavy atom. The van der Waals surface area contributed by atoms with Crippen LogP contribution in [0, 0.1) is 0 Å². The van der Waals surface area contributed by atoms with E-state index < -0.39 is 0 Å². The molecule has 0 aromatic carbocycles. The molecule has 60 valence electrons. The minimum atomic E-state index is 0.685. The van der Waals surface area contributed by atoms with Gasteiger partial charge in [0.05, 0.1) is 11.7 Å². The van der Waals surface area contributed by atoms with Crippen LogP contribution in [0.4, 0.5) is 0 Å². The smallest absolute Gasteiger partial charge is 0.104 e. The van der Waals surface area contributed by atoms with Crippen molar-refractivity contribution < 1.29 is 0 Å². The van der Waals surface area contributed by atoms with Crippen LogP contribution in [0.1, 0.15) is 31.5 Å². The fraction of sp³-hybridized carbons (Fsp3) is 0.625. The molecule has 1 aromatic heterocycles. The zero-order valence-corrected chi connectivity index (χ0v) is 8.13. The molecule has 0 N–H and O–H groups in total. The topological polar surface area (TPSA) is 17.8 Å². The van der Waals surface area contributed by atoms with Crippen LogP contribution >= 0.6 is 15.9 Å². The first-order valence-electron chi connectivity index (χ1n) is 4.05. The number of nitrogens with zero attached hydrogens (tertiary/aromatic N) is 2. The van der Waals surface area contributed by atoms with Crippen molar-refractivity contribution in [1.29, 1.82) is 0 Å². The molecule has 0 aliphatic heterocycles. The summed E-state index contributed by atoms with van der Waals surface area (Å²) < 4.78 is 3.23. The van der Waals surface area contributed by atoms with Gasteiger partial charge in [-0.2, -0.15) is 5.10 Å². The molecule has 1 aliphatic carbocycles. The van der Waals surface area contributed by atoms with Crippen LogP contribution in [0.5, 0.6) is 0 Å². The number of halogens is 1. The average molecular weight is 215 g/mol. The summed E-state index contributed by atoms with van der Waals surface area (Å²) in [5, 5.41) is 4.46. The maximum Gasteiger partial charge on any atom is 0.104 e. The van der Waals surface area contributed by atoms with Crippen molar-refractivity contribution in [3.05, 3.63) is 16.4 Å². The quantitative estimate of drug-likeness (QED) is 0.741. The fourth-order valence-corrected chi connectivity index (χ4v) is 1.80. The monoisotopic (exact) mass is 214 g/mol. The zero-order chi connectivity index (χ0) is 7.84. The van der Waals surface area contributed by atoms with E-state index in [-0.39, 0.29) is 0 Å². The van der Waals surface area contributed by atoms with Gasteiger partial charge in [-0.05, 0) is 41.3 Å². The van der Waals surface area contributed by atoms with E-state index in [1.54, 1.807) is 0 Å². The molecule has 2 nitrogen and oxygen atoms in total. The molecular formula is C8H11BrN2. The first-order chi connectivity index (χ1) is 5.31. The molecule has 1 saturated carbocycles. The highest BCUT2D eigenvalue weighted by Crippen LogP contribution is 2.36. The lowest BCUT2D eigenvalue weighted by atomic mass is 10.4. The summed E-state index contributed by atoms with van der Waals surface area (Å²) in [6, 6.07) is 2.79. The lowest BCUT2D eigenvalue weighted by Crippen LogP contribution is -1.96. The number of rotatable bonds is 2. The Balaban J connectivity index is 2.30. The van der Waals surface area contributed by atoms with E-state index in [1.807, 2.05) is 0 Å². The third-order valence-electron chi connectivity index (χ3n) is 2.00. The Morgan fingerprint density at radius 1 is 1.73 bits per heavy atom. The summed E-state index contributed by atoms with van der Waals surface area (Å²) in [5.41, 5.74) is 1.18. The van der Waals surface area contributed by atoms with Gasteiger partial charge in [-0.3, -0.25) is 4.68 Å². The second kappa shape index (κ2) is 2.63. The first kappa shape index (κ1) is 7.35. The average Bonchev–Trinajstić information content (AvgIpc) is 2.76. The van der Waals surface area contributed by atoms with Crippen molar-refractivity contribution in [3.8, 4) is 0 Å². The highest BCUT2D eigenvalue weighted by molar-refractivity contribution is 9.10. The van der Waals surface area contributed by atoms with Gasteiger partial charge in [-0.15, -0.1) is 0 Å². The van der Waals surface area contributed by atoms with Crippen molar-refractivity contribution in [2.75, 3.05) is 0 Å². The molecule has 0 amide bonds. The Kier molecular flexibility index (Phi) is 1.75. The second-order valence-electron chi connectivity index (χ2n) is 2.99. The van der Waals surface area contributed by atoms with Crippen molar-refractivity contribution >= 4 is 15.9 Å². The predicted molar refractivity (Wildman–Crippen MR) is 47.6 cm³/mol. The molecule has 0 unspecified atom stereocenters. The van der Waals surface area contributed by atoms with Crippen LogP contribution in [0.25, 0.3) is 0 Å². The fourth-order valence-electron chi connectivity index (χ4n) is 1.17. The first-order valence-corrected chi connectivity index (χ1v) is 4.84. The standard InChI is InChI=1S/C8H11BrN2/c1-2-6-5-8(9)11(10-6)7-3-4-7/h5,7H,2-4H2,1H3. The van der Waals surface area contributed by atoms with Gasteiger partial charge in [0.1, 0.15) is 4.60 Å². The Labute approximate surface area is 74.7 Å². The number of hydrogen-bond donors (Lipinski definition) is 0. The highest BCUT2D eigenvalue weighted by Gasteiger charge is 2.26. The second-order valence-corrected chi connectivity index (χ2v) is 3.80. The van der Waals surface area contributed by atoms with E-state index in [1.165, 1.54) is 18.5 Å². The van der Waals surface area contributed by atoms with Gasteiger partial charge in [0.25, 0.3) is 0 Å². The van der Waals surface area contributed by atoms with Crippen molar-refractivity contribution in [3.63, 3.8) is 0 Å². The molecule has 0 spiro atoms. The van der Waals surface area contributed by atoms with Gasteiger partial charge >= 0.3 is 0 Å². The third-order valence-corrected chi connectivity index (χ3v) is 2.59. The van der Waals surface area contributed by atoms with E-state index in [9.17, 15) is 0 Å². The molecule has 0 atom stereocenters. The van der Waals surface area contributed by atoms with Crippen LogP contribution in [-0.4, -0.2) is 9.78 Å². The number of hydrogen-bond acceptors (Lipinski definition) is 1. The SMILES string of the molecule is CCc1cc(Br)n(C2CC2)n1. The van der Waals surface area contributed by atoms with Crippen LogP contribution in [0.15, 0.2) is 10.7 Å². The van der Waals surface area contributed by atoms with Gasteiger partial charge in [-0.25, -0.2) is 0 Å². The maximum absolute atomic E-state index is 4.46. The molecule has 3 heteroatoms. The maximum atomic E-state index is 4.46. The van der Waals surface area contributed by atoms with Gasteiger partial charge in [0.2, 0.25) is 0 Å². The summed E-state index contributed by atoms with van der Waals surface area (Å²) in [4.78, 5) is 0. The van der Waals surface area contributed by atoms with Crippen LogP contribution < -0.4 is 0 Å². The molecule has 2 rings (SSSR count). The molecule has 11 heavy (non-hydrogen) atoms. The van der Waals surface area contributed by atoms with E-state index >= 15 is 0 Å². The lowest BCUT2D eigenvalue weighted by Gasteiger charge is -1.96. The van der Waals surface area contributed by atoms with Crippen molar-refractivity contribution in [2.24, 2.45) is 0 Å². The summed E-state index contributed by atoms with van der Waals surface area (Å²) in [6.45, 7) is 2.13. The molecule has 0 saturated heterocycles. The number of aromatic nitrogens is 2. The molecule has 0 radical (unpaired) electrons. The molecule has 1 fully saturated rings. The van der Waals surface area contributed by atoms with E-state index in [2.05, 4.69) is 38.7 Å². The molecule has 1 heterocycles. The normalized spacial score (nSPS) is 17.3. The minimum absolute atomic E-state index is 0.685. The molecular weight excluding hydrogens is 204 g/mol. The predicted octanol–water partition coefficient (Wildman–Crippen LogP) is 2.54. The Bertz CT molecular complexity index is 263. The molecule has 1 aliphatic rings. The molecule has 1 aromatic rings. The highest BCUT2D eigenvalue weighted by atomic mass is 79.9. The van der Waals surface area contributed by atoms with Gasteiger partial charge < -0.3 is 0 Å². The van der Waals surface area contributed by atoms with E-state index in [0.29, 0.717) is 6.04 Å². The van der Waals surface area contributed by atoms with Crippen LogP contribution in [0.3, 0.4) is 0 Å². The Morgan fingerprint density at radius 2 is 2.45 bits per heavy atom. The summed E-state index contributed by atoms with van der Waals surface area (Å²) in [6.07, 6.45) is 3.62. The van der Waals surface area contributed by atoms with Crippen molar-refractivity contribution in [2.45, 2.75) is 32.2 Å². The van der Waals surface area contributed by atoms with Gasteiger partial charge in [0.15, 0.2) is 0 Å². The third kappa shape index (κ3) is 1.34. The van der Waals surface area contributed by atoms with Gasteiger partial charge in [0, 0.05) is 0 Å². The number of aryl methyl sites for hydroxylation is 1. The largest absolute Gasteiger partial charge is 0.255 e. The minimum Gasteiger partial charge on any atom is -0.255 e. The lowest BCUT2D eigenvalue weighted by molar-refractivity contribution is 0.618. The van der Waals surface area contributed by atoms with Gasteiger partial charge in [-0.1, -0.05) is 6.92 Å². The Hall–Kier alpha value is -0.310. The zero-order valence-electron chi connectivity index (χ0n) is 6.55. The van der Waals surface area contributed by atoms with E-state index in [0.717, 1.165) is 11.0 Å². The summed E-state index contributed by atoms with van der Waals surface area (Å²) in [5.74, 6) is 0. The summed E-state index contributed by atoms with van der Waals surface area (Å²) >= 11 is 3.50. The molecule has 0 bridgehead atoms. The van der Waals surface area contributed by atoms with Crippen LogP contribution in [0.2, 0.25) is 0 Å².